The summed E-state index contributed by atoms with van der Waals surface area (Å²) in [5.41, 5.74) is 1.06. The van der Waals surface area contributed by atoms with E-state index in [1.54, 1.807) is 12.1 Å². The summed E-state index contributed by atoms with van der Waals surface area (Å²) in [6, 6.07) is 8.19. The van der Waals surface area contributed by atoms with Crippen molar-refractivity contribution in [3.63, 3.8) is 0 Å². The van der Waals surface area contributed by atoms with Crippen LogP contribution in [-0.4, -0.2) is 5.97 Å². The Labute approximate surface area is 65.8 Å². The van der Waals surface area contributed by atoms with Crippen molar-refractivity contribution in [1.29, 1.82) is 0 Å². The van der Waals surface area contributed by atoms with Crippen molar-refractivity contribution in [2.24, 2.45) is 0 Å². The highest BCUT2D eigenvalue weighted by atomic mass is 16.5. The third-order valence-corrected chi connectivity index (χ3v) is 1.18. The number of hydrogen-bond donors (Lipinski definition) is 0. The fourth-order valence-corrected chi connectivity index (χ4v) is 0.766. The second-order valence-electron chi connectivity index (χ2n) is 2.32. The Hall–Kier alpha value is -1.31. The molecule has 0 heterocycles. The summed E-state index contributed by atoms with van der Waals surface area (Å²) in [5, 5.41) is 0. The first-order chi connectivity index (χ1) is 5.18. The number of carbonyl (C=O) groups excluding carboxylic acids is 1. The van der Waals surface area contributed by atoms with Crippen molar-refractivity contribution in [2.75, 3.05) is 0 Å². The zero-order chi connectivity index (χ0) is 8.27. The van der Waals surface area contributed by atoms with Crippen LogP contribution in [-0.2, 0) is 4.79 Å². The van der Waals surface area contributed by atoms with E-state index in [1.807, 2.05) is 13.0 Å². The number of hydrogen-bond acceptors (Lipinski definition) is 2. The minimum Gasteiger partial charge on any atom is -0.426 e. The van der Waals surface area contributed by atoms with Gasteiger partial charge >= 0.3 is 5.97 Å². The van der Waals surface area contributed by atoms with Gasteiger partial charge in [-0.1, -0.05) is 12.1 Å². The van der Waals surface area contributed by atoms with Crippen LogP contribution in [0.3, 0.4) is 0 Å². The molecule has 0 amide bonds. The molecule has 1 aromatic rings. The molecule has 1 aromatic carbocycles. The van der Waals surface area contributed by atoms with Crippen LogP contribution in [0.1, 0.15) is 12.5 Å². The maximum Gasteiger partial charge on any atom is 0.308 e. The molecule has 0 saturated heterocycles. The lowest BCUT2D eigenvalue weighted by atomic mass is 10.2. The SMILES string of the molecule is CC(=O)Oc1[c]ccc(C)c1. The van der Waals surface area contributed by atoms with Crippen molar-refractivity contribution in [1.82, 2.24) is 0 Å². The smallest absolute Gasteiger partial charge is 0.308 e. The number of esters is 1. The zero-order valence-corrected chi connectivity index (χ0v) is 6.55. The van der Waals surface area contributed by atoms with Gasteiger partial charge in [-0.2, -0.15) is 0 Å². The van der Waals surface area contributed by atoms with Gasteiger partial charge in [0.15, 0.2) is 0 Å². The van der Waals surface area contributed by atoms with Crippen molar-refractivity contribution >= 4 is 5.97 Å². The molecule has 1 radical (unpaired) electrons. The molecular formula is C9H9O2. The normalized spacial score (nSPS) is 9.27. The second-order valence-corrected chi connectivity index (χ2v) is 2.32. The molecule has 0 atom stereocenters. The molecule has 57 valence electrons. The summed E-state index contributed by atoms with van der Waals surface area (Å²) in [6.45, 7) is 3.30. The topological polar surface area (TPSA) is 26.3 Å². The molecule has 0 aromatic heterocycles. The first-order valence-corrected chi connectivity index (χ1v) is 3.35. The molecule has 0 unspecified atom stereocenters. The highest BCUT2D eigenvalue weighted by Gasteiger charge is 1.96. The van der Waals surface area contributed by atoms with E-state index in [2.05, 4.69) is 6.07 Å². The first kappa shape index (κ1) is 7.79. The van der Waals surface area contributed by atoms with E-state index in [-0.39, 0.29) is 5.97 Å². The van der Waals surface area contributed by atoms with E-state index in [4.69, 9.17) is 4.74 Å². The molecule has 11 heavy (non-hydrogen) atoms. The third-order valence-electron chi connectivity index (χ3n) is 1.18. The van der Waals surface area contributed by atoms with Gasteiger partial charge in [0.05, 0.1) is 0 Å². The summed E-state index contributed by atoms with van der Waals surface area (Å²) in [7, 11) is 0. The van der Waals surface area contributed by atoms with Crippen LogP contribution >= 0.6 is 0 Å². The Morgan fingerprint density at radius 3 is 2.91 bits per heavy atom. The van der Waals surface area contributed by atoms with Gasteiger partial charge in [0, 0.05) is 13.0 Å². The number of aryl methyl sites for hydroxylation is 1. The minimum atomic E-state index is -0.313. The van der Waals surface area contributed by atoms with Gasteiger partial charge in [0.1, 0.15) is 5.75 Å². The predicted octanol–water partition coefficient (Wildman–Crippen LogP) is 1.72. The average Bonchev–Trinajstić information content (AvgIpc) is 1.85. The van der Waals surface area contributed by atoms with Gasteiger partial charge in [-0.25, -0.2) is 0 Å². The Balaban J connectivity index is 2.79. The summed E-state index contributed by atoms with van der Waals surface area (Å²) < 4.78 is 4.80. The molecule has 0 spiro atoms. The number of carbonyl (C=O) groups is 1. The summed E-state index contributed by atoms with van der Waals surface area (Å²) in [6.07, 6.45) is 0. The number of ether oxygens (including phenoxy) is 1. The number of rotatable bonds is 1. The molecule has 0 bridgehead atoms. The van der Waals surface area contributed by atoms with Crippen molar-refractivity contribution in [2.45, 2.75) is 13.8 Å². The Kier molecular flexibility index (Phi) is 2.26. The molecule has 0 aliphatic rings. The van der Waals surface area contributed by atoms with Crippen molar-refractivity contribution in [3.05, 3.63) is 29.8 Å². The molecular weight excluding hydrogens is 140 g/mol. The lowest BCUT2D eigenvalue weighted by molar-refractivity contribution is -0.131. The Morgan fingerprint density at radius 2 is 2.36 bits per heavy atom. The van der Waals surface area contributed by atoms with Crippen LogP contribution in [0.4, 0.5) is 0 Å². The lowest BCUT2D eigenvalue weighted by Gasteiger charge is -1.99. The zero-order valence-electron chi connectivity index (χ0n) is 6.55. The van der Waals surface area contributed by atoms with Crippen LogP contribution in [0.5, 0.6) is 5.75 Å². The predicted molar refractivity (Wildman–Crippen MR) is 41.3 cm³/mol. The van der Waals surface area contributed by atoms with Crippen LogP contribution in [0.2, 0.25) is 0 Å². The molecule has 0 aliphatic heterocycles. The van der Waals surface area contributed by atoms with Gasteiger partial charge in [0.2, 0.25) is 0 Å². The van der Waals surface area contributed by atoms with Gasteiger partial charge in [-0.05, 0) is 18.6 Å². The van der Waals surface area contributed by atoms with E-state index in [1.165, 1.54) is 6.92 Å². The van der Waals surface area contributed by atoms with E-state index < -0.39 is 0 Å². The van der Waals surface area contributed by atoms with Gasteiger partial charge in [-0.15, -0.1) is 0 Å². The summed E-state index contributed by atoms with van der Waals surface area (Å²) in [4.78, 5) is 10.5. The van der Waals surface area contributed by atoms with Crippen molar-refractivity contribution < 1.29 is 9.53 Å². The maximum absolute atomic E-state index is 10.5. The quantitative estimate of drug-likeness (QED) is 0.449. The fourth-order valence-electron chi connectivity index (χ4n) is 0.766. The van der Waals surface area contributed by atoms with Crippen LogP contribution in [0.25, 0.3) is 0 Å². The largest absolute Gasteiger partial charge is 0.426 e. The molecule has 1 rings (SSSR count). The van der Waals surface area contributed by atoms with E-state index >= 15 is 0 Å². The minimum absolute atomic E-state index is 0.313. The second kappa shape index (κ2) is 3.19. The van der Waals surface area contributed by atoms with E-state index in [0.717, 1.165) is 5.56 Å². The standard InChI is InChI=1S/C9H9O2/c1-7-4-3-5-9(6-7)11-8(2)10/h3-4,6H,1-2H3. The number of benzene rings is 1. The van der Waals surface area contributed by atoms with Gasteiger partial charge < -0.3 is 4.74 Å². The van der Waals surface area contributed by atoms with Crippen LogP contribution in [0.15, 0.2) is 18.2 Å². The van der Waals surface area contributed by atoms with E-state index in [9.17, 15) is 4.79 Å². The molecule has 0 fully saturated rings. The third kappa shape index (κ3) is 2.42. The van der Waals surface area contributed by atoms with Crippen LogP contribution in [0, 0.1) is 13.0 Å². The van der Waals surface area contributed by atoms with Crippen molar-refractivity contribution in [3.8, 4) is 5.75 Å². The monoisotopic (exact) mass is 149 g/mol. The average molecular weight is 149 g/mol. The van der Waals surface area contributed by atoms with Crippen LogP contribution < -0.4 is 4.74 Å². The molecule has 0 aliphatic carbocycles. The highest BCUT2D eigenvalue weighted by molar-refractivity contribution is 5.69. The molecule has 0 saturated carbocycles. The molecule has 2 heteroatoms. The summed E-state index contributed by atoms with van der Waals surface area (Å²) in [5.74, 6) is 0.171. The van der Waals surface area contributed by atoms with Gasteiger partial charge in [-0.3, -0.25) is 4.79 Å². The maximum atomic E-state index is 10.5. The fraction of sp³-hybridized carbons (Fsp3) is 0.222. The molecule has 0 N–H and O–H groups in total. The summed E-state index contributed by atoms with van der Waals surface area (Å²) >= 11 is 0. The lowest BCUT2D eigenvalue weighted by Crippen LogP contribution is -2.01. The highest BCUT2D eigenvalue weighted by Crippen LogP contribution is 2.10. The van der Waals surface area contributed by atoms with Gasteiger partial charge in [0.25, 0.3) is 0 Å². The van der Waals surface area contributed by atoms with E-state index in [0.29, 0.717) is 5.75 Å². The Morgan fingerprint density at radius 1 is 1.64 bits per heavy atom. The molecule has 2 nitrogen and oxygen atoms in total. The first-order valence-electron chi connectivity index (χ1n) is 3.35. The Bertz CT molecular complexity index is 266.